The Morgan fingerprint density at radius 1 is 0.0714 bits per heavy atom. The van der Waals surface area contributed by atoms with Gasteiger partial charge >= 0.3 is 0 Å². The van der Waals surface area contributed by atoms with E-state index in [0.717, 1.165) is 0 Å². The molecule has 0 bridgehead atoms. The van der Waals surface area contributed by atoms with Crippen LogP contribution in [0.5, 0.6) is 0 Å². The van der Waals surface area contributed by atoms with Crippen molar-refractivity contribution in [2.75, 3.05) is 0 Å². The van der Waals surface area contributed by atoms with Gasteiger partial charge in [0.15, 0.2) is 0 Å². The fourth-order valence-electron chi connectivity index (χ4n) is 0. The average Bonchev–Trinajstić information content (AvgIpc) is 0. The monoisotopic (exact) mass is 7330 g/mol. The quantitative estimate of drug-likeness (QED) is 0.298. The van der Waals surface area contributed by atoms with E-state index < -0.39 is 0 Å². The third-order valence-electron chi connectivity index (χ3n) is 0. The molecule has 0 amide bonds. The van der Waals surface area contributed by atoms with Crippen molar-refractivity contribution in [1.29, 1.82) is 0 Å². The molecule has 0 nitrogen and oxygen atoms in total. The largest absolute Gasteiger partial charge is 0 e. The number of hydrogen-bond donors (Lipinski definition) is 0. The Balaban J connectivity index is 0. The Morgan fingerprint density at radius 2 is 0.0714 bits per heavy atom. The number of rotatable bonds is 0. The molecule has 0 N–H and O–H groups in total. The van der Waals surface area contributed by atoms with Crippen LogP contribution in [0.15, 0.2) is 0 Å². The topological polar surface area (TPSA) is 0 Å². The van der Waals surface area contributed by atoms with Gasteiger partial charge in [0.1, 0.15) is 0 Å². The smallest absolute Gasteiger partial charge is 0 e. The van der Waals surface area contributed by atoms with Gasteiger partial charge in [0.2, 0.25) is 0 Å². The minimum Gasteiger partial charge on any atom is 0 e. The van der Waals surface area contributed by atoms with Crippen LogP contribution in [-0.4, -0.2) is 0 Å². The molecule has 0 spiro atoms. The van der Waals surface area contributed by atoms with Crippen molar-refractivity contribution >= 4 is 0 Å². The van der Waals surface area contributed by atoms with E-state index in [1.54, 1.807) is 0 Å². The van der Waals surface area contributed by atoms with Crippen LogP contribution in [0.25, 0.3) is 0 Å². The van der Waals surface area contributed by atoms with Gasteiger partial charge in [0.05, 0.1) is 0 Å². The molecule has 0 atom stereocenters. The molecule has 0 heterocycles. The minimum absolute atomic E-state index is 0. The Hall–Kier alpha value is 29.9. The van der Waals surface area contributed by atoms with Crippen molar-refractivity contribution in [2.24, 2.45) is 0 Å². The van der Waals surface area contributed by atoms with Gasteiger partial charge in [-0.3, -0.25) is 0 Å². The predicted molar refractivity (Wildman–Crippen MR) is 0 cm³/mol. The van der Waals surface area contributed by atoms with Crippen LogP contribution in [0.2, 0.25) is 0 Å². The molecule has 42 heteroatoms. The van der Waals surface area contributed by atoms with E-state index >= 15 is 0 Å². The Morgan fingerprint density at radius 3 is 0.0714 bits per heavy atom. The molecule has 0 rings (SSSR count). The molecule has 0 saturated heterocycles. The summed E-state index contributed by atoms with van der Waals surface area (Å²) < 4.78 is 0. The van der Waals surface area contributed by atoms with Crippen LogP contribution >= 0.6 is 0 Å². The maximum absolute atomic E-state index is 0. The molecule has 0 fully saturated rings. The van der Waals surface area contributed by atoms with Gasteiger partial charge in [-0.15, -0.1) is 0 Å². The summed E-state index contributed by atoms with van der Waals surface area (Å²) in [6.07, 6.45) is 0. The molecule has 0 saturated carbocycles. The summed E-state index contributed by atoms with van der Waals surface area (Å²) in [5, 5.41) is 0. The van der Waals surface area contributed by atoms with Crippen LogP contribution in [0, 0.1) is 0 Å². The van der Waals surface area contributed by atoms with Crippen molar-refractivity contribution < 1.29 is 911 Å². The zero-order valence-corrected chi connectivity index (χ0v) is 99.5. The first kappa shape index (κ1) is 404. The van der Waals surface area contributed by atoms with E-state index in [9.17, 15) is 0 Å². The molecular weight excluding hydrogens is 7340 g/mol. The van der Waals surface area contributed by atoms with Gasteiger partial charge in [0, 0.05) is 911 Å². The molecule has 0 aliphatic rings. The average molecular weight is 7340 g/mol. The first-order chi connectivity index (χ1) is 0. The second-order valence-corrected chi connectivity index (χ2v) is 0. The van der Waals surface area contributed by atoms with E-state index in [1.165, 1.54) is 0 Å². The van der Waals surface area contributed by atoms with E-state index in [4.69, 9.17) is 0 Å². The predicted octanol–water partition coefficient (Wildman–Crippen LogP) is -0.105. The SMILES string of the molecule is [Ag].[Ag].[Ag].[Ag].[Ag].[Ag].[Ag].[Ag].[Ag].[Ag].[Au].[Au].[Au].[Au].[Au].[Au].[Au].[Au].[Au].[Au].[Pt].[Pt].[Pt].[Pt].[Pt].[Pt].[Pt].[Pt].[Pt].[Pt].[Pt].[Pt].[Pt].[Pt].[Pt].[Pt].[Pt].[Pt].[Pt].[Pt].[Pt].[Pt]. The van der Waals surface area contributed by atoms with Gasteiger partial charge < -0.3 is 0 Å². The van der Waals surface area contributed by atoms with Crippen LogP contribution < -0.4 is 0 Å². The summed E-state index contributed by atoms with van der Waals surface area (Å²) in [4.78, 5) is 0. The Bertz CT molecular complexity index is 61.9. The molecule has 440 valence electrons. The summed E-state index contributed by atoms with van der Waals surface area (Å²) in [6, 6.07) is 0. The molecule has 0 aliphatic heterocycles. The summed E-state index contributed by atoms with van der Waals surface area (Å²) in [7, 11) is 0. The fourth-order valence-corrected chi connectivity index (χ4v) is 0. The van der Waals surface area contributed by atoms with Gasteiger partial charge in [0.25, 0.3) is 0 Å². The van der Waals surface area contributed by atoms with Crippen LogP contribution in [0.4, 0.5) is 0 Å². The Kier molecular flexibility index (Phi) is 3720. The molecule has 0 aromatic heterocycles. The Labute approximate surface area is 883 Å². The van der Waals surface area contributed by atoms with Crippen molar-refractivity contribution in [3.05, 3.63) is 0 Å². The first-order valence-electron chi connectivity index (χ1n) is 0. The molecule has 0 unspecified atom stereocenters. The third-order valence-corrected chi connectivity index (χ3v) is 0. The molecule has 20 radical (unpaired) electrons. The maximum atomic E-state index is 0. The number of hydrogen-bond acceptors (Lipinski definition) is 0. The molecule has 42 heavy (non-hydrogen) atoms. The van der Waals surface area contributed by atoms with E-state index in [0.29, 0.717) is 0 Å². The van der Waals surface area contributed by atoms with E-state index in [1.807, 2.05) is 0 Å². The van der Waals surface area contributed by atoms with Gasteiger partial charge in [-0.1, -0.05) is 0 Å². The minimum atomic E-state index is 0. The second-order valence-electron chi connectivity index (χ2n) is 0. The van der Waals surface area contributed by atoms with Gasteiger partial charge in [-0.05, 0) is 0 Å². The third kappa shape index (κ3) is 371. The maximum Gasteiger partial charge on any atom is 0 e. The summed E-state index contributed by atoms with van der Waals surface area (Å²) in [5.41, 5.74) is 0. The summed E-state index contributed by atoms with van der Waals surface area (Å²) >= 11 is 0. The zero-order valence-electron chi connectivity index (χ0n) is 13.0. The molecule has 0 aromatic carbocycles. The fraction of sp³-hybridized carbons (Fsp3) is 0. The molecular formula is Ag10Au10Pt22. The van der Waals surface area contributed by atoms with Crippen LogP contribution in [-0.2, 0) is 911 Å². The summed E-state index contributed by atoms with van der Waals surface area (Å²) in [6.45, 7) is 0. The standard InChI is InChI=1S/10Ag.10Au.22Pt. The summed E-state index contributed by atoms with van der Waals surface area (Å²) in [5.74, 6) is 0. The first-order valence-corrected chi connectivity index (χ1v) is 0. The van der Waals surface area contributed by atoms with Crippen molar-refractivity contribution in [2.45, 2.75) is 0 Å². The van der Waals surface area contributed by atoms with Crippen LogP contribution in [0.1, 0.15) is 0 Å². The molecule has 0 aliphatic carbocycles. The van der Waals surface area contributed by atoms with Gasteiger partial charge in [-0.2, -0.15) is 0 Å². The zero-order chi connectivity index (χ0) is 0. The van der Waals surface area contributed by atoms with E-state index in [-0.39, 0.29) is 911 Å². The van der Waals surface area contributed by atoms with Crippen molar-refractivity contribution in [3.63, 3.8) is 0 Å². The van der Waals surface area contributed by atoms with Crippen LogP contribution in [0.3, 0.4) is 0 Å². The van der Waals surface area contributed by atoms with E-state index in [2.05, 4.69) is 0 Å². The van der Waals surface area contributed by atoms with Gasteiger partial charge in [-0.25, -0.2) is 0 Å². The normalized spacial score (nSPS) is 0. The van der Waals surface area contributed by atoms with Crippen molar-refractivity contribution in [3.8, 4) is 0 Å². The molecule has 0 aromatic rings. The van der Waals surface area contributed by atoms with Crippen molar-refractivity contribution in [1.82, 2.24) is 0 Å². The second kappa shape index (κ2) is 387.